The van der Waals surface area contributed by atoms with Gasteiger partial charge in [-0.05, 0) is 30.7 Å². The van der Waals surface area contributed by atoms with Crippen LogP contribution < -0.4 is 9.64 Å². The lowest BCUT2D eigenvalue weighted by Crippen LogP contribution is -2.49. The van der Waals surface area contributed by atoms with Crippen LogP contribution in [0.15, 0.2) is 58.7 Å². The second-order valence-corrected chi connectivity index (χ2v) is 8.58. The van der Waals surface area contributed by atoms with Gasteiger partial charge in [0, 0.05) is 30.3 Å². The van der Waals surface area contributed by atoms with E-state index in [1.807, 2.05) is 13.0 Å². The van der Waals surface area contributed by atoms with Gasteiger partial charge in [0.15, 0.2) is 0 Å². The fourth-order valence-electron chi connectivity index (χ4n) is 3.37. The van der Waals surface area contributed by atoms with E-state index in [2.05, 4.69) is 28.7 Å². The molecule has 0 N–H and O–H groups in total. The molecule has 2 heterocycles. The summed E-state index contributed by atoms with van der Waals surface area (Å²) < 4.78 is 24.3. The molecule has 0 aliphatic carbocycles. The summed E-state index contributed by atoms with van der Waals surface area (Å²) in [5, 5.41) is 20.6. The van der Waals surface area contributed by atoms with Crippen molar-refractivity contribution < 1.29 is 13.9 Å². The number of nitrogens with zero attached hydrogens (tertiary/aromatic N) is 5. The van der Waals surface area contributed by atoms with Crippen LogP contribution in [0.3, 0.4) is 0 Å². The summed E-state index contributed by atoms with van der Waals surface area (Å²) in [6.07, 6.45) is 4.33. The Hall–Kier alpha value is -3.66. The van der Waals surface area contributed by atoms with Crippen LogP contribution in [0.4, 0.5) is 10.2 Å². The van der Waals surface area contributed by atoms with Crippen molar-refractivity contribution in [2.45, 2.75) is 18.1 Å². The highest BCUT2D eigenvalue weighted by Gasteiger charge is 2.32. The molecule has 7 nitrogen and oxygen atoms in total. The zero-order valence-corrected chi connectivity index (χ0v) is 20.5. The van der Waals surface area contributed by atoms with Gasteiger partial charge in [-0.1, -0.05) is 36.5 Å². The van der Waals surface area contributed by atoms with E-state index >= 15 is 0 Å². The normalized spacial score (nSPS) is 13.6. The van der Waals surface area contributed by atoms with Crippen molar-refractivity contribution in [3.8, 4) is 29.0 Å². The summed E-state index contributed by atoms with van der Waals surface area (Å²) >= 11 is 1.31. The van der Waals surface area contributed by atoms with Crippen LogP contribution in [-0.2, 0) is 4.74 Å². The highest BCUT2D eigenvalue weighted by molar-refractivity contribution is 7.99. The van der Waals surface area contributed by atoms with Crippen molar-refractivity contribution in [3.63, 3.8) is 0 Å². The molecule has 180 valence electrons. The van der Waals surface area contributed by atoms with Gasteiger partial charge in [0.05, 0.1) is 25.3 Å². The van der Waals surface area contributed by atoms with Crippen molar-refractivity contribution >= 4 is 23.8 Å². The lowest BCUT2D eigenvalue weighted by molar-refractivity contribution is 0.146. The molecule has 0 spiro atoms. The number of halogens is 1. The van der Waals surface area contributed by atoms with Crippen molar-refractivity contribution in [1.29, 1.82) is 10.5 Å². The smallest absolute Gasteiger partial charge is 0.148 e. The number of pyridine rings is 1. The lowest BCUT2D eigenvalue weighted by atomic mass is 9.95. The Balaban J connectivity index is 2.03. The van der Waals surface area contributed by atoms with Crippen LogP contribution in [0.5, 0.6) is 5.75 Å². The maximum absolute atomic E-state index is 13.7. The molecule has 0 amide bonds. The molecule has 1 aromatic heterocycles. The molecule has 1 aliphatic heterocycles. The fourth-order valence-corrected chi connectivity index (χ4v) is 4.19. The van der Waals surface area contributed by atoms with E-state index in [1.165, 1.54) is 11.8 Å². The number of alkyl halides is 1. The third-order valence-electron chi connectivity index (χ3n) is 5.12. The summed E-state index contributed by atoms with van der Waals surface area (Å²) in [6, 6.07) is 11.6. The highest BCUT2D eigenvalue weighted by atomic mass is 32.2. The summed E-state index contributed by atoms with van der Waals surface area (Å²) in [5.41, 5.74) is 2.28. The molecule has 1 aromatic carbocycles. The molecule has 0 bridgehead atoms. The average Bonchev–Trinajstić information content (AvgIpc) is 2.85. The SMILES string of the molecule is C=C(CSc1nc(N2CC(F)C2)c(C#N)c(-c2ccc(OCCOC)cc2)c1C#N)N=C/C=C\C. The minimum Gasteiger partial charge on any atom is -0.491 e. The number of ether oxygens (including phenoxy) is 2. The number of anilines is 1. The minimum absolute atomic E-state index is 0.157. The second kappa shape index (κ2) is 12.7. The second-order valence-electron chi connectivity index (χ2n) is 7.62. The Bertz CT molecular complexity index is 1190. The number of hydrogen-bond acceptors (Lipinski definition) is 8. The molecule has 0 radical (unpaired) electrons. The number of benzene rings is 1. The standard InChI is InChI=1S/C26H26FN5O2S/c1-4-5-10-30-18(2)17-35-26-23(14-29)24(19-6-8-21(9-7-19)34-12-11-33-3)22(13-28)25(31-26)32-15-20(27)16-32/h4-10,20H,2,11-12,15-17H2,1,3H3/b5-4-,30-10?. The van der Waals surface area contributed by atoms with Crippen molar-refractivity contribution in [2.75, 3.05) is 44.1 Å². The zero-order valence-electron chi connectivity index (χ0n) is 19.7. The average molecular weight is 492 g/mol. The number of methoxy groups -OCH3 is 1. The molecule has 2 aromatic rings. The van der Waals surface area contributed by atoms with E-state index in [9.17, 15) is 14.9 Å². The highest BCUT2D eigenvalue weighted by Crippen LogP contribution is 2.39. The molecule has 1 fully saturated rings. The first-order valence-corrected chi connectivity index (χ1v) is 12.0. The number of hydrogen-bond donors (Lipinski definition) is 0. The van der Waals surface area contributed by atoms with Gasteiger partial charge in [0.1, 0.15) is 47.1 Å². The summed E-state index contributed by atoms with van der Waals surface area (Å²) in [7, 11) is 1.60. The Morgan fingerprint density at radius 1 is 1.26 bits per heavy atom. The Morgan fingerprint density at radius 3 is 2.57 bits per heavy atom. The first kappa shape index (κ1) is 26.0. The molecule has 3 rings (SSSR count). The van der Waals surface area contributed by atoms with Crippen molar-refractivity contribution in [1.82, 2.24) is 4.98 Å². The number of rotatable bonds is 11. The molecule has 0 saturated carbocycles. The zero-order chi connectivity index (χ0) is 25.2. The third kappa shape index (κ3) is 6.48. The number of aliphatic imine (C=N–C) groups is 1. The van der Waals surface area contributed by atoms with Crippen LogP contribution in [-0.4, -0.2) is 56.5 Å². The van der Waals surface area contributed by atoms with Gasteiger partial charge in [-0.15, -0.1) is 0 Å². The fraction of sp³-hybridized carbons (Fsp3) is 0.308. The molecule has 0 atom stereocenters. The van der Waals surface area contributed by atoms with Crippen molar-refractivity contribution in [3.05, 3.63) is 59.8 Å². The minimum atomic E-state index is -0.970. The van der Waals surface area contributed by atoms with Gasteiger partial charge < -0.3 is 14.4 Å². The molecular formula is C26H26FN5O2S. The number of thioether (sulfide) groups is 1. The quantitative estimate of drug-likeness (QED) is 0.250. The van der Waals surface area contributed by atoms with E-state index < -0.39 is 6.17 Å². The van der Waals surface area contributed by atoms with Gasteiger partial charge in [0.25, 0.3) is 0 Å². The van der Waals surface area contributed by atoms with E-state index in [4.69, 9.17) is 9.47 Å². The molecule has 1 aliphatic rings. The summed E-state index contributed by atoms with van der Waals surface area (Å²) in [6.45, 7) is 7.02. The lowest BCUT2D eigenvalue weighted by Gasteiger charge is -2.36. The van der Waals surface area contributed by atoms with Crippen LogP contribution in [0.25, 0.3) is 11.1 Å². The van der Waals surface area contributed by atoms with Crippen LogP contribution >= 0.6 is 11.8 Å². The predicted octanol–water partition coefficient (Wildman–Crippen LogP) is 4.93. The largest absolute Gasteiger partial charge is 0.491 e. The van der Waals surface area contributed by atoms with Crippen LogP contribution in [0.1, 0.15) is 18.1 Å². The third-order valence-corrected chi connectivity index (χ3v) is 6.16. The van der Waals surface area contributed by atoms with Gasteiger partial charge in [-0.2, -0.15) is 10.5 Å². The monoisotopic (exact) mass is 491 g/mol. The van der Waals surface area contributed by atoms with Crippen LogP contribution in [0, 0.1) is 22.7 Å². The molecular weight excluding hydrogens is 465 g/mol. The number of nitriles is 2. The number of allylic oxidation sites excluding steroid dienone is 2. The maximum atomic E-state index is 13.7. The Kier molecular flexibility index (Phi) is 9.42. The topological polar surface area (TPSA) is 94.5 Å². The first-order valence-electron chi connectivity index (χ1n) is 11.0. The summed E-state index contributed by atoms with van der Waals surface area (Å²) in [5.74, 6) is 1.42. The van der Waals surface area contributed by atoms with Gasteiger partial charge in [-0.25, -0.2) is 9.37 Å². The molecule has 35 heavy (non-hydrogen) atoms. The van der Waals surface area contributed by atoms with E-state index in [1.54, 1.807) is 48.6 Å². The van der Waals surface area contributed by atoms with Gasteiger partial charge in [-0.3, -0.25) is 4.99 Å². The van der Waals surface area contributed by atoms with E-state index in [0.717, 1.165) is 0 Å². The molecule has 0 unspecified atom stereocenters. The predicted molar refractivity (Wildman–Crippen MR) is 137 cm³/mol. The Morgan fingerprint density at radius 2 is 1.97 bits per heavy atom. The molecule has 9 heteroatoms. The maximum Gasteiger partial charge on any atom is 0.148 e. The van der Waals surface area contributed by atoms with Crippen molar-refractivity contribution in [2.24, 2.45) is 4.99 Å². The van der Waals surface area contributed by atoms with Gasteiger partial charge >= 0.3 is 0 Å². The van der Waals surface area contributed by atoms with Gasteiger partial charge in [0.2, 0.25) is 0 Å². The summed E-state index contributed by atoms with van der Waals surface area (Å²) in [4.78, 5) is 10.6. The Labute approximate surface area is 209 Å². The van der Waals surface area contributed by atoms with E-state index in [0.29, 0.717) is 52.4 Å². The van der Waals surface area contributed by atoms with E-state index in [-0.39, 0.29) is 24.2 Å². The molecule has 1 saturated heterocycles. The number of aromatic nitrogens is 1. The van der Waals surface area contributed by atoms with Crippen LogP contribution in [0.2, 0.25) is 0 Å². The first-order chi connectivity index (χ1) is 17.0.